The van der Waals surface area contributed by atoms with Gasteiger partial charge in [0.05, 0.1) is 0 Å². The first-order chi connectivity index (χ1) is 6.88. The molecule has 0 aliphatic rings. The molecule has 0 fully saturated rings. The molecule has 0 unspecified atom stereocenters. The van der Waals surface area contributed by atoms with Crippen LogP contribution in [0.15, 0.2) is 23.3 Å². The minimum atomic E-state index is -1.40. The summed E-state index contributed by atoms with van der Waals surface area (Å²) < 4.78 is 37.0. The molecule has 0 aliphatic carbocycles. The van der Waals surface area contributed by atoms with Gasteiger partial charge in [-0.25, -0.2) is 13.2 Å². The highest BCUT2D eigenvalue weighted by atomic mass is 19.2. The normalized spacial score (nSPS) is 15.9. The van der Waals surface area contributed by atoms with Crippen LogP contribution < -0.4 is 5.73 Å². The number of aliphatic carboxylic acids is 1. The van der Waals surface area contributed by atoms with Crippen molar-refractivity contribution in [2.45, 2.75) is 19.4 Å². The van der Waals surface area contributed by atoms with Crippen molar-refractivity contribution in [1.29, 1.82) is 0 Å². The molecule has 0 aliphatic heterocycles. The third-order valence-electron chi connectivity index (χ3n) is 1.66. The summed E-state index contributed by atoms with van der Waals surface area (Å²) in [6.07, 6.45) is 0.126. The third kappa shape index (κ3) is 5.21. The average Bonchev–Trinajstić information content (AvgIpc) is 2.16. The van der Waals surface area contributed by atoms with Crippen LogP contribution in [0.3, 0.4) is 0 Å². The third-order valence-corrected chi connectivity index (χ3v) is 1.66. The molecular formula is C9H12F3NO2. The Hall–Kier alpha value is -1.30. The highest BCUT2D eigenvalue weighted by molar-refractivity contribution is 5.73. The lowest BCUT2D eigenvalue weighted by molar-refractivity contribution is -0.138. The number of hydrogen-bond acceptors (Lipinski definition) is 2. The van der Waals surface area contributed by atoms with Crippen molar-refractivity contribution in [3.05, 3.63) is 23.3 Å². The molecule has 0 amide bonds. The zero-order valence-corrected chi connectivity index (χ0v) is 8.14. The summed E-state index contributed by atoms with van der Waals surface area (Å²) >= 11 is 0. The Balaban J connectivity index is 4.59. The maximum absolute atomic E-state index is 13.0. The minimum absolute atomic E-state index is 0.0338. The van der Waals surface area contributed by atoms with Crippen molar-refractivity contribution >= 4 is 5.97 Å². The maximum Gasteiger partial charge on any atom is 0.320 e. The van der Waals surface area contributed by atoms with E-state index < -0.39 is 30.3 Å². The first-order valence-corrected chi connectivity index (χ1v) is 4.14. The maximum atomic E-state index is 13.0. The van der Waals surface area contributed by atoms with Crippen LogP contribution in [0, 0.1) is 0 Å². The number of allylic oxidation sites excluding steroid dienone is 3. The van der Waals surface area contributed by atoms with Crippen molar-refractivity contribution in [3.63, 3.8) is 0 Å². The van der Waals surface area contributed by atoms with E-state index >= 15 is 0 Å². The topological polar surface area (TPSA) is 63.3 Å². The van der Waals surface area contributed by atoms with Gasteiger partial charge in [-0.1, -0.05) is 0 Å². The van der Waals surface area contributed by atoms with Gasteiger partial charge in [0, 0.05) is 6.08 Å². The highest BCUT2D eigenvalue weighted by Gasteiger charge is 2.13. The van der Waals surface area contributed by atoms with Gasteiger partial charge in [0.2, 0.25) is 0 Å². The number of nitrogens with two attached hydrogens (primary N) is 1. The van der Waals surface area contributed by atoms with E-state index in [0.29, 0.717) is 6.08 Å². The van der Waals surface area contributed by atoms with Crippen LogP contribution in [0.4, 0.5) is 13.2 Å². The van der Waals surface area contributed by atoms with Gasteiger partial charge < -0.3 is 10.8 Å². The molecule has 6 heteroatoms. The van der Waals surface area contributed by atoms with E-state index in [0.717, 1.165) is 0 Å². The number of hydrogen-bond donors (Lipinski definition) is 2. The molecular weight excluding hydrogens is 211 g/mol. The fourth-order valence-corrected chi connectivity index (χ4v) is 0.814. The fraction of sp³-hybridized carbons (Fsp3) is 0.444. The molecule has 0 aromatic carbocycles. The van der Waals surface area contributed by atoms with Crippen LogP contribution in [0.25, 0.3) is 0 Å². The molecule has 15 heavy (non-hydrogen) atoms. The predicted molar refractivity (Wildman–Crippen MR) is 49.2 cm³/mol. The quantitative estimate of drug-likeness (QED) is 0.699. The van der Waals surface area contributed by atoms with E-state index in [9.17, 15) is 18.0 Å². The average molecular weight is 223 g/mol. The summed E-state index contributed by atoms with van der Waals surface area (Å²) in [5.74, 6) is -3.53. The summed E-state index contributed by atoms with van der Waals surface area (Å²) in [7, 11) is 0. The van der Waals surface area contributed by atoms with E-state index in [-0.39, 0.29) is 12.0 Å². The molecule has 0 saturated carbocycles. The van der Waals surface area contributed by atoms with Gasteiger partial charge in [0.15, 0.2) is 0 Å². The number of carboxylic acid groups (broad SMARTS) is 1. The summed E-state index contributed by atoms with van der Waals surface area (Å²) in [5, 5.41) is 8.42. The molecule has 0 saturated heterocycles. The second kappa shape index (κ2) is 6.23. The molecule has 0 spiro atoms. The van der Waals surface area contributed by atoms with E-state index in [1.54, 1.807) is 0 Å². The Bertz CT molecular complexity index is 300. The molecule has 0 bridgehead atoms. The largest absolute Gasteiger partial charge is 0.480 e. The minimum Gasteiger partial charge on any atom is -0.480 e. The monoisotopic (exact) mass is 223 g/mol. The van der Waals surface area contributed by atoms with Gasteiger partial charge in [-0.2, -0.15) is 0 Å². The SMILES string of the molecule is C/C(C[C@@H](N)C(=O)O)=C(F)\C=C(\F)CF. The highest BCUT2D eigenvalue weighted by Crippen LogP contribution is 2.15. The summed E-state index contributed by atoms with van der Waals surface area (Å²) in [6.45, 7) is -0.133. The molecule has 0 heterocycles. The second-order valence-electron chi connectivity index (χ2n) is 3.00. The van der Waals surface area contributed by atoms with Crippen molar-refractivity contribution in [2.24, 2.45) is 5.73 Å². The van der Waals surface area contributed by atoms with Crippen LogP contribution >= 0.6 is 0 Å². The van der Waals surface area contributed by atoms with Crippen molar-refractivity contribution < 1.29 is 23.1 Å². The van der Waals surface area contributed by atoms with Crippen LogP contribution in [0.2, 0.25) is 0 Å². The predicted octanol–water partition coefficient (Wildman–Crippen LogP) is 1.85. The van der Waals surface area contributed by atoms with Gasteiger partial charge in [0.1, 0.15) is 24.4 Å². The first kappa shape index (κ1) is 13.7. The number of halogens is 3. The number of alkyl halides is 1. The molecule has 0 radical (unpaired) electrons. The van der Waals surface area contributed by atoms with Gasteiger partial charge in [-0.15, -0.1) is 0 Å². The number of rotatable bonds is 5. The van der Waals surface area contributed by atoms with E-state index in [1.165, 1.54) is 6.92 Å². The molecule has 3 nitrogen and oxygen atoms in total. The van der Waals surface area contributed by atoms with Crippen LogP contribution in [0.5, 0.6) is 0 Å². The lowest BCUT2D eigenvalue weighted by Gasteiger charge is -2.06. The summed E-state index contributed by atoms with van der Waals surface area (Å²) in [6, 6.07) is -1.25. The fourth-order valence-electron chi connectivity index (χ4n) is 0.814. The van der Waals surface area contributed by atoms with Crippen LogP contribution in [-0.4, -0.2) is 23.8 Å². The summed E-state index contributed by atoms with van der Waals surface area (Å²) in [5.41, 5.74) is 5.10. The Morgan fingerprint density at radius 1 is 1.53 bits per heavy atom. The lowest BCUT2D eigenvalue weighted by atomic mass is 10.1. The van der Waals surface area contributed by atoms with Gasteiger partial charge >= 0.3 is 5.97 Å². The van der Waals surface area contributed by atoms with Crippen molar-refractivity contribution in [2.75, 3.05) is 6.67 Å². The Kier molecular flexibility index (Phi) is 5.69. The molecule has 0 aromatic rings. The zero-order chi connectivity index (χ0) is 12.0. The van der Waals surface area contributed by atoms with Gasteiger partial charge in [0.25, 0.3) is 0 Å². The number of carboxylic acids is 1. The van der Waals surface area contributed by atoms with Crippen LogP contribution in [-0.2, 0) is 4.79 Å². The van der Waals surface area contributed by atoms with Crippen LogP contribution in [0.1, 0.15) is 13.3 Å². The standard InChI is InChI=1S/C9H12F3NO2/c1-5(2-8(13)9(14)15)7(12)3-6(11)4-10/h3,8H,2,4,13H2,1H3,(H,14,15)/b6-3+,7-5-/t8-/m1/s1. The Labute approximate surface area is 85.1 Å². The molecule has 1 atom stereocenters. The zero-order valence-electron chi connectivity index (χ0n) is 8.14. The van der Waals surface area contributed by atoms with E-state index in [1.807, 2.05) is 0 Å². The molecule has 86 valence electrons. The first-order valence-electron chi connectivity index (χ1n) is 4.14. The molecule has 3 N–H and O–H groups in total. The van der Waals surface area contributed by atoms with E-state index in [4.69, 9.17) is 10.8 Å². The Morgan fingerprint density at radius 3 is 2.47 bits per heavy atom. The van der Waals surface area contributed by atoms with Gasteiger partial charge in [-0.05, 0) is 18.9 Å². The van der Waals surface area contributed by atoms with E-state index in [2.05, 4.69) is 0 Å². The lowest BCUT2D eigenvalue weighted by Crippen LogP contribution is -2.30. The van der Waals surface area contributed by atoms with Crippen molar-refractivity contribution in [1.82, 2.24) is 0 Å². The van der Waals surface area contributed by atoms with Crippen molar-refractivity contribution in [3.8, 4) is 0 Å². The molecule has 0 rings (SSSR count). The Morgan fingerprint density at radius 2 is 2.07 bits per heavy atom. The van der Waals surface area contributed by atoms with Gasteiger partial charge in [-0.3, -0.25) is 4.79 Å². The smallest absolute Gasteiger partial charge is 0.320 e. The summed E-state index contributed by atoms with van der Waals surface area (Å²) in [4.78, 5) is 10.3. The molecule has 0 aromatic heterocycles. The second-order valence-corrected chi connectivity index (χ2v) is 3.00. The number of carbonyl (C=O) groups is 1.